The van der Waals surface area contributed by atoms with Crippen LogP contribution in [-0.2, 0) is 12.7 Å². The summed E-state index contributed by atoms with van der Waals surface area (Å²) in [6.45, 7) is 2.14. The number of thiophene rings is 1. The number of alkyl halides is 3. The Morgan fingerprint density at radius 2 is 1.86 bits per heavy atom. The molecule has 10 heteroatoms. The molecule has 0 fully saturated rings. The molecule has 0 aliphatic heterocycles. The molecule has 0 radical (unpaired) electrons. The van der Waals surface area contributed by atoms with Gasteiger partial charge >= 0.3 is 6.18 Å². The number of fused-ring (bicyclic) bond motifs is 1. The average molecular weight is 424 g/mol. The summed E-state index contributed by atoms with van der Waals surface area (Å²) in [6, 6.07) is 11.8. The first kappa shape index (κ1) is 20.0. The number of halogens is 3. The van der Waals surface area contributed by atoms with Gasteiger partial charge in [-0.25, -0.2) is 4.98 Å². The molecular weight excluding hydrogens is 409 g/mol. The fourth-order valence-corrected chi connectivity index (χ4v) is 3.66. The predicted octanol–water partition coefficient (Wildman–Crippen LogP) is 3.93. The minimum absolute atomic E-state index is 0.155. The molecule has 5 nitrogen and oxygen atoms in total. The number of hydrogen-bond acceptors (Lipinski definition) is 4. The summed E-state index contributed by atoms with van der Waals surface area (Å²) in [6.07, 6.45) is -4.54. The lowest BCUT2D eigenvalue weighted by Crippen LogP contribution is -2.46. The second-order valence-corrected chi connectivity index (χ2v) is 7.26. The molecule has 0 saturated carbocycles. The summed E-state index contributed by atoms with van der Waals surface area (Å²) in [5.74, 6) is -0.502. The van der Waals surface area contributed by atoms with Crippen LogP contribution < -0.4 is 16.2 Å². The zero-order valence-corrected chi connectivity index (χ0v) is 16.2. The highest BCUT2D eigenvalue weighted by molar-refractivity contribution is 7.80. The van der Waals surface area contributed by atoms with Gasteiger partial charge in [-0.15, -0.1) is 11.3 Å². The van der Waals surface area contributed by atoms with Crippen LogP contribution in [0.3, 0.4) is 0 Å². The predicted molar refractivity (Wildman–Crippen MR) is 106 cm³/mol. The zero-order chi connectivity index (χ0) is 20.3. The Morgan fingerprint density at radius 3 is 2.54 bits per heavy atom. The van der Waals surface area contributed by atoms with E-state index >= 15 is 0 Å². The van der Waals surface area contributed by atoms with Gasteiger partial charge in [0.15, 0.2) is 5.11 Å². The molecule has 0 atom stereocenters. The van der Waals surface area contributed by atoms with Crippen molar-refractivity contribution in [2.75, 3.05) is 0 Å². The van der Waals surface area contributed by atoms with Gasteiger partial charge in [0.2, 0.25) is 0 Å². The standard InChI is InChI=1S/C18H15F3N4OS2/c1-10-12-7-8-13(18(19,20)21)23-16(12)28-14(10)15(26)24-25-17(27)22-9-11-5-3-2-4-6-11/h2-8H,9H2,1H3,(H,24,26)(H2,22,25,27). The van der Waals surface area contributed by atoms with Crippen LogP contribution in [0.5, 0.6) is 0 Å². The summed E-state index contributed by atoms with van der Waals surface area (Å²) in [7, 11) is 0. The van der Waals surface area contributed by atoms with Crippen molar-refractivity contribution in [2.24, 2.45) is 0 Å². The minimum atomic E-state index is -4.54. The van der Waals surface area contributed by atoms with E-state index in [1.165, 1.54) is 6.07 Å². The number of carbonyl (C=O) groups is 1. The molecule has 0 saturated heterocycles. The van der Waals surface area contributed by atoms with Gasteiger partial charge in [0.05, 0.1) is 4.88 Å². The molecule has 1 aromatic carbocycles. The van der Waals surface area contributed by atoms with Gasteiger partial charge in [0.1, 0.15) is 10.5 Å². The van der Waals surface area contributed by atoms with Crippen molar-refractivity contribution in [3.8, 4) is 0 Å². The van der Waals surface area contributed by atoms with Crippen molar-refractivity contribution in [3.05, 3.63) is 64.2 Å². The first-order valence-electron chi connectivity index (χ1n) is 8.11. The normalized spacial score (nSPS) is 11.3. The number of aromatic nitrogens is 1. The number of carbonyl (C=O) groups excluding carboxylic acids is 1. The van der Waals surface area contributed by atoms with Crippen molar-refractivity contribution >= 4 is 44.8 Å². The van der Waals surface area contributed by atoms with Crippen LogP contribution >= 0.6 is 23.6 Å². The van der Waals surface area contributed by atoms with Crippen LogP contribution in [0.1, 0.15) is 26.5 Å². The molecule has 0 spiro atoms. The van der Waals surface area contributed by atoms with Gasteiger partial charge in [0.25, 0.3) is 5.91 Å². The van der Waals surface area contributed by atoms with E-state index in [9.17, 15) is 18.0 Å². The van der Waals surface area contributed by atoms with Crippen LogP contribution in [0.4, 0.5) is 13.2 Å². The molecule has 1 amide bonds. The highest BCUT2D eigenvalue weighted by Crippen LogP contribution is 2.34. The van der Waals surface area contributed by atoms with E-state index in [-0.39, 0.29) is 14.8 Å². The average Bonchev–Trinajstić information content (AvgIpc) is 3.01. The molecule has 0 aliphatic carbocycles. The second kappa shape index (κ2) is 8.11. The number of rotatable bonds is 3. The number of nitrogens with one attached hydrogen (secondary N) is 3. The first-order chi connectivity index (χ1) is 13.3. The summed E-state index contributed by atoms with van der Waals surface area (Å²) in [5.41, 5.74) is 5.62. The Kier molecular flexibility index (Phi) is 5.80. The van der Waals surface area contributed by atoms with E-state index in [4.69, 9.17) is 12.2 Å². The number of nitrogens with zero attached hydrogens (tertiary/aromatic N) is 1. The van der Waals surface area contributed by atoms with Crippen molar-refractivity contribution < 1.29 is 18.0 Å². The summed E-state index contributed by atoms with van der Waals surface area (Å²) >= 11 is 6.00. The fourth-order valence-electron chi connectivity index (χ4n) is 2.47. The summed E-state index contributed by atoms with van der Waals surface area (Å²) < 4.78 is 38.5. The van der Waals surface area contributed by atoms with Crippen molar-refractivity contribution in [1.29, 1.82) is 0 Å². The quantitative estimate of drug-likeness (QED) is 0.439. The van der Waals surface area contributed by atoms with Gasteiger partial charge in [-0.05, 0) is 42.4 Å². The molecule has 0 aliphatic rings. The lowest BCUT2D eigenvalue weighted by molar-refractivity contribution is -0.140. The summed E-state index contributed by atoms with van der Waals surface area (Å²) in [5, 5.41) is 3.67. The number of hydrogen-bond donors (Lipinski definition) is 3. The Morgan fingerprint density at radius 1 is 1.14 bits per heavy atom. The Hall–Kier alpha value is -2.72. The van der Waals surface area contributed by atoms with Gasteiger partial charge in [-0.1, -0.05) is 30.3 Å². The Balaban J connectivity index is 1.64. The second-order valence-electron chi connectivity index (χ2n) is 5.85. The number of hydrazine groups is 1. The fraction of sp³-hybridized carbons (Fsp3) is 0.167. The third-order valence-corrected chi connectivity index (χ3v) is 5.33. The molecule has 3 rings (SSSR count). The van der Waals surface area contributed by atoms with Gasteiger partial charge < -0.3 is 5.32 Å². The molecule has 3 aromatic rings. The molecule has 2 heterocycles. The third-order valence-electron chi connectivity index (χ3n) is 3.89. The van der Waals surface area contributed by atoms with Gasteiger partial charge in [0, 0.05) is 11.9 Å². The molecule has 28 heavy (non-hydrogen) atoms. The van der Waals surface area contributed by atoms with Crippen LogP contribution in [-0.4, -0.2) is 16.0 Å². The largest absolute Gasteiger partial charge is 0.433 e. The van der Waals surface area contributed by atoms with Gasteiger partial charge in [-0.3, -0.25) is 15.6 Å². The number of pyridine rings is 1. The smallest absolute Gasteiger partial charge is 0.357 e. The van der Waals surface area contributed by atoms with Crippen LogP contribution in [0.2, 0.25) is 0 Å². The Labute approximate surface area is 167 Å². The Bertz CT molecular complexity index is 1020. The first-order valence-corrected chi connectivity index (χ1v) is 9.33. The van der Waals surface area contributed by atoms with Crippen molar-refractivity contribution in [3.63, 3.8) is 0 Å². The van der Waals surface area contributed by atoms with Crippen LogP contribution in [0, 0.1) is 6.92 Å². The van der Waals surface area contributed by atoms with E-state index in [2.05, 4.69) is 21.2 Å². The number of thiocarbonyl (C=S) groups is 1. The maximum atomic E-state index is 12.8. The highest BCUT2D eigenvalue weighted by Gasteiger charge is 2.33. The number of benzene rings is 1. The van der Waals surface area contributed by atoms with Crippen molar-refractivity contribution in [2.45, 2.75) is 19.6 Å². The lowest BCUT2D eigenvalue weighted by Gasteiger charge is -2.11. The van der Waals surface area contributed by atoms with E-state index in [0.717, 1.165) is 23.0 Å². The minimum Gasteiger partial charge on any atom is -0.357 e. The summed E-state index contributed by atoms with van der Waals surface area (Å²) in [4.78, 5) is 16.4. The SMILES string of the molecule is Cc1c(C(=O)NNC(=S)NCc2ccccc2)sc2nc(C(F)(F)F)ccc12. The van der Waals surface area contributed by atoms with E-state index in [1.807, 2.05) is 30.3 Å². The molecule has 3 N–H and O–H groups in total. The lowest BCUT2D eigenvalue weighted by atomic mass is 10.2. The maximum absolute atomic E-state index is 12.8. The van der Waals surface area contributed by atoms with Crippen molar-refractivity contribution in [1.82, 2.24) is 21.2 Å². The topological polar surface area (TPSA) is 66.1 Å². The molecule has 0 unspecified atom stereocenters. The number of amides is 1. The zero-order valence-electron chi connectivity index (χ0n) is 14.6. The highest BCUT2D eigenvalue weighted by atomic mass is 32.1. The van der Waals surface area contributed by atoms with Gasteiger partial charge in [-0.2, -0.15) is 13.2 Å². The molecule has 146 valence electrons. The number of aryl methyl sites for hydroxylation is 1. The van der Waals surface area contributed by atoms with E-state index < -0.39 is 17.8 Å². The maximum Gasteiger partial charge on any atom is 0.433 e. The van der Waals surface area contributed by atoms with E-state index in [0.29, 0.717) is 17.5 Å². The van der Waals surface area contributed by atoms with Crippen LogP contribution in [0.25, 0.3) is 10.2 Å². The monoisotopic (exact) mass is 424 g/mol. The van der Waals surface area contributed by atoms with Crippen LogP contribution in [0.15, 0.2) is 42.5 Å². The molecular formula is C18H15F3N4OS2. The van der Waals surface area contributed by atoms with E-state index in [1.54, 1.807) is 6.92 Å². The molecule has 2 aromatic heterocycles. The molecule has 0 bridgehead atoms. The third kappa shape index (κ3) is 4.57.